The van der Waals surface area contributed by atoms with Crippen LogP contribution in [0.2, 0.25) is 0 Å². The number of carbonyl (C=O) groups excluding carboxylic acids is 2. The topological polar surface area (TPSA) is 59.8 Å². The molecule has 2 aromatic carbocycles. The number of aryl methyl sites for hydroxylation is 4. The number of benzene rings is 2. The molecule has 3 aromatic rings. The summed E-state index contributed by atoms with van der Waals surface area (Å²) in [6.45, 7) is 8.32. The van der Waals surface area contributed by atoms with E-state index in [0.717, 1.165) is 38.8 Å². The molecule has 1 aromatic heterocycles. The van der Waals surface area contributed by atoms with Gasteiger partial charge in [-0.15, -0.1) is 0 Å². The average Bonchev–Trinajstić information content (AvgIpc) is 3.03. The molecule has 1 heterocycles. The van der Waals surface area contributed by atoms with Gasteiger partial charge in [-0.25, -0.2) is 0 Å². The minimum atomic E-state index is -0.445. The molecular formula is C24H27NO4. The zero-order valence-electron chi connectivity index (χ0n) is 17.7. The van der Waals surface area contributed by atoms with E-state index in [4.69, 9.17) is 9.15 Å². The van der Waals surface area contributed by atoms with Gasteiger partial charge in [-0.05, 0) is 62.1 Å². The third-order valence-corrected chi connectivity index (χ3v) is 5.29. The number of hydrogen-bond acceptors (Lipinski definition) is 4. The lowest BCUT2D eigenvalue weighted by Crippen LogP contribution is -2.31. The molecule has 0 unspecified atom stereocenters. The molecule has 0 saturated carbocycles. The SMILES string of the molecule is Cc1ccc(CN(C)C(=O)COC(=O)Cc2coc3cc(C)c(C)cc23)c(C)c1. The molecule has 0 radical (unpaired) electrons. The van der Waals surface area contributed by atoms with Crippen molar-refractivity contribution in [1.82, 2.24) is 4.90 Å². The Kier molecular flexibility index (Phi) is 6.06. The van der Waals surface area contributed by atoms with E-state index in [2.05, 4.69) is 6.07 Å². The lowest BCUT2D eigenvalue weighted by molar-refractivity contribution is -0.151. The van der Waals surface area contributed by atoms with Crippen LogP contribution in [-0.2, 0) is 27.3 Å². The van der Waals surface area contributed by atoms with Crippen molar-refractivity contribution < 1.29 is 18.7 Å². The first-order valence-electron chi connectivity index (χ1n) is 9.67. The number of amides is 1. The Balaban J connectivity index is 1.56. The van der Waals surface area contributed by atoms with E-state index in [0.29, 0.717) is 6.54 Å². The van der Waals surface area contributed by atoms with Crippen LogP contribution in [0.15, 0.2) is 41.0 Å². The predicted octanol–water partition coefficient (Wildman–Crippen LogP) is 4.41. The minimum Gasteiger partial charge on any atom is -0.464 e. The monoisotopic (exact) mass is 393 g/mol. The molecule has 0 aliphatic carbocycles. The number of esters is 1. The van der Waals surface area contributed by atoms with Crippen molar-refractivity contribution in [3.8, 4) is 0 Å². The van der Waals surface area contributed by atoms with E-state index < -0.39 is 5.97 Å². The summed E-state index contributed by atoms with van der Waals surface area (Å²) >= 11 is 0. The number of nitrogens with zero attached hydrogens (tertiary/aromatic N) is 1. The second-order valence-corrected chi connectivity index (χ2v) is 7.71. The summed E-state index contributed by atoms with van der Waals surface area (Å²) in [4.78, 5) is 26.2. The van der Waals surface area contributed by atoms with Crippen molar-refractivity contribution in [1.29, 1.82) is 0 Å². The van der Waals surface area contributed by atoms with E-state index in [1.54, 1.807) is 18.2 Å². The first-order valence-corrected chi connectivity index (χ1v) is 9.67. The summed E-state index contributed by atoms with van der Waals surface area (Å²) in [5, 5.41) is 0.906. The quantitative estimate of drug-likeness (QED) is 0.582. The molecule has 0 aliphatic rings. The third-order valence-electron chi connectivity index (χ3n) is 5.29. The summed E-state index contributed by atoms with van der Waals surface area (Å²) in [5.41, 5.74) is 7.19. The van der Waals surface area contributed by atoms with Gasteiger partial charge in [-0.2, -0.15) is 0 Å². The fraction of sp³-hybridized carbons (Fsp3) is 0.333. The average molecular weight is 393 g/mol. The van der Waals surface area contributed by atoms with E-state index in [9.17, 15) is 9.59 Å². The van der Waals surface area contributed by atoms with Crippen molar-refractivity contribution in [3.63, 3.8) is 0 Å². The predicted molar refractivity (Wildman–Crippen MR) is 113 cm³/mol. The van der Waals surface area contributed by atoms with Crippen LogP contribution in [0.25, 0.3) is 11.0 Å². The lowest BCUT2D eigenvalue weighted by Gasteiger charge is -2.18. The molecule has 1 amide bonds. The van der Waals surface area contributed by atoms with Gasteiger partial charge in [0.1, 0.15) is 5.58 Å². The number of fused-ring (bicyclic) bond motifs is 1. The summed E-state index contributed by atoms with van der Waals surface area (Å²) in [6, 6.07) is 10.1. The highest BCUT2D eigenvalue weighted by Crippen LogP contribution is 2.25. The van der Waals surface area contributed by atoms with Crippen LogP contribution in [0.1, 0.15) is 33.4 Å². The van der Waals surface area contributed by atoms with Crippen molar-refractivity contribution in [2.45, 2.75) is 40.7 Å². The van der Waals surface area contributed by atoms with Crippen LogP contribution in [0.5, 0.6) is 0 Å². The Morgan fingerprint density at radius 2 is 1.69 bits per heavy atom. The molecule has 5 nitrogen and oxygen atoms in total. The molecule has 3 rings (SSSR count). The van der Waals surface area contributed by atoms with Gasteiger partial charge < -0.3 is 14.1 Å². The molecule has 0 N–H and O–H groups in total. The van der Waals surface area contributed by atoms with Gasteiger partial charge in [0.05, 0.1) is 12.7 Å². The summed E-state index contributed by atoms with van der Waals surface area (Å²) in [6.07, 6.45) is 1.66. The van der Waals surface area contributed by atoms with Crippen molar-refractivity contribution >= 4 is 22.8 Å². The van der Waals surface area contributed by atoms with Gasteiger partial charge in [0, 0.05) is 24.5 Å². The minimum absolute atomic E-state index is 0.0730. The Labute approximate surface area is 171 Å². The molecule has 0 atom stereocenters. The maximum absolute atomic E-state index is 12.4. The Hall–Kier alpha value is -3.08. The molecule has 0 fully saturated rings. The second kappa shape index (κ2) is 8.52. The van der Waals surface area contributed by atoms with Crippen LogP contribution < -0.4 is 0 Å². The van der Waals surface area contributed by atoms with Crippen LogP contribution >= 0.6 is 0 Å². The number of furan rings is 1. The molecule has 152 valence electrons. The number of carbonyl (C=O) groups is 2. The highest BCUT2D eigenvalue weighted by atomic mass is 16.5. The number of hydrogen-bond donors (Lipinski definition) is 0. The molecule has 0 spiro atoms. The third kappa shape index (κ3) is 4.86. The zero-order valence-corrected chi connectivity index (χ0v) is 17.7. The first kappa shape index (κ1) is 20.6. The van der Waals surface area contributed by atoms with Crippen molar-refractivity contribution in [2.75, 3.05) is 13.7 Å². The van der Waals surface area contributed by atoms with Gasteiger partial charge in [0.25, 0.3) is 5.91 Å². The fourth-order valence-corrected chi connectivity index (χ4v) is 3.30. The van der Waals surface area contributed by atoms with Gasteiger partial charge in [0.15, 0.2) is 6.61 Å². The summed E-state index contributed by atoms with van der Waals surface area (Å²) in [5.74, 6) is -0.680. The largest absolute Gasteiger partial charge is 0.464 e. The van der Waals surface area contributed by atoms with Gasteiger partial charge in [-0.1, -0.05) is 23.8 Å². The highest BCUT2D eigenvalue weighted by molar-refractivity contribution is 5.87. The van der Waals surface area contributed by atoms with Gasteiger partial charge >= 0.3 is 5.97 Å². The summed E-state index contributed by atoms with van der Waals surface area (Å²) in [7, 11) is 1.71. The van der Waals surface area contributed by atoms with Crippen molar-refractivity contribution in [3.05, 3.63) is 70.0 Å². The molecule has 5 heteroatoms. The van der Waals surface area contributed by atoms with Crippen LogP contribution in [0.4, 0.5) is 0 Å². The smallest absolute Gasteiger partial charge is 0.310 e. The van der Waals surface area contributed by atoms with Crippen LogP contribution in [-0.4, -0.2) is 30.4 Å². The fourth-order valence-electron chi connectivity index (χ4n) is 3.30. The summed E-state index contributed by atoms with van der Waals surface area (Å²) < 4.78 is 10.8. The van der Waals surface area contributed by atoms with E-state index >= 15 is 0 Å². The Bertz CT molecular complexity index is 1060. The lowest BCUT2D eigenvalue weighted by atomic mass is 10.0. The zero-order chi connectivity index (χ0) is 21.1. The molecular weight excluding hydrogens is 366 g/mol. The van der Waals surface area contributed by atoms with Crippen LogP contribution in [0.3, 0.4) is 0 Å². The Morgan fingerprint density at radius 1 is 0.966 bits per heavy atom. The number of rotatable bonds is 6. The number of ether oxygens (including phenoxy) is 1. The molecule has 0 saturated heterocycles. The maximum Gasteiger partial charge on any atom is 0.310 e. The van der Waals surface area contributed by atoms with Crippen LogP contribution in [0, 0.1) is 27.7 Å². The van der Waals surface area contributed by atoms with E-state index in [1.807, 2.05) is 52.0 Å². The highest BCUT2D eigenvalue weighted by Gasteiger charge is 2.16. The Morgan fingerprint density at radius 3 is 2.41 bits per heavy atom. The van der Waals surface area contributed by atoms with E-state index in [-0.39, 0.29) is 18.9 Å². The molecule has 0 aliphatic heterocycles. The second-order valence-electron chi connectivity index (χ2n) is 7.71. The molecule has 29 heavy (non-hydrogen) atoms. The van der Waals surface area contributed by atoms with Crippen molar-refractivity contribution in [2.24, 2.45) is 0 Å². The first-order chi connectivity index (χ1) is 13.7. The van der Waals surface area contributed by atoms with Gasteiger partial charge in [-0.3, -0.25) is 9.59 Å². The number of likely N-dealkylation sites (N-methyl/N-ethyl adjacent to an activating group) is 1. The molecule has 0 bridgehead atoms. The van der Waals surface area contributed by atoms with E-state index in [1.165, 1.54) is 5.56 Å². The standard InChI is InChI=1S/C24H27NO4/c1-15-6-7-19(18(4)8-15)12-25(5)23(26)14-29-24(27)11-20-13-28-22-10-17(3)16(2)9-21(20)22/h6-10,13H,11-12,14H2,1-5H3. The van der Waals surface area contributed by atoms with Gasteiger partial charge in [0.2, 0.25) is 0 Å². The normalized spacial score (nSPS) is 10.9. The maximum atomic E-state index is 12.4.